The lowest BCUT2D eigenvalue weighted by Crippen LogP contribution is -1.99. The molecule has 2 nitrogen and oxygen atoms in total. The van der Waals surface area contributed by atoms with E-state index in [4.69, 9.17) is 0 Å². The second kappa shape index (κ2) is 2.64. The van der Waals surface area contributed by atoms with E-state index in [1.165, 1.54) is 10.9 Å². The molecule has 4 heteroatoms. The first-order chi connectivity index (χ1) is 4.25. The number of rotatable bonds is 1. The highest BCUT2D eigenvalue weighted by Gasteiger charge is 2.03. The first-order valence-electron chi connectivity index (χ1n) is 2.62. The normalized spacial score (nSPS) is 10.1. The van der Waals surface area contributed by atoms with Crippen molar-refractivity contribution in [3.8, 4) is 0 Å². The van der Waals surface area contributed by atoms with Gasteiger partial charge in [-0.25, -0.2) is 4.68 Å². The van der Waals surface area contributed by atoms with Crippen LogP contribution in [-0.2, 0) is 6.54 Å². The molecule has 0 saturated carbocycles. The Morgan fingerprint density at radius 1 is 1.89 bits per heavy atom. The van der Waals surface area contributed by atoms with Crippen molar-refractivity contribution in [2.45, 2.75) is 13.5 Å². The zero-order chi connectivity index (χ0) is 6.85. The van der Waals surface area contributed by atoms with E-state index in [-0.39, 0.29) is 5.95 Å². The van der Waals surface area contributed by atoms with E-state index in [1.807, 2.05) is 29.5 Å². The van der Waals surface area contributed by atoms with Crippen LogP contribution in [0.1, 0.15) is 6.92 Å². The van der Waals surface area contributed by atoms with Crippen LogP contribution in [0.15, 0.2) is 6.20 Å². The van der Waals surface area contributed by atoms with Crippen LogP contribution in [0, 0.1) is 9.52 Å². The standard InChI is InChI=1S/C5H6FIN2/c1-2-9-5(6)4(7)3-8-9/h3H,2H2,1H3. The Kier molecular flexibility index (Phi) is 2.05. The zero-order valence-electron chi connectivity index (χ0n) is 4.93. The van der Waals surface area contributed by atoms with Crippen LogP contribution in [0.4, 0.5) is 4.39 Å². The highest BCUT2D eigenvalue weighted by atomic mass is 127. The molecule has 0 radical (unpaired) electrons. The Hall–Kier alpha value is -0.130. The highest BCUT2D eigenvalue weighted by Crippen LogP contribution is 2.07. The van der Waals surface area contributed by atoms with Crippen molar-refractivity contribution >= 4 is 22.6 Å². The Bertz CT molecular complexity index is 209. The van der Waals surface area contributed by atoms with E-state index >= 15 is 0 Å². The number of aromatic nitrogens is 2. The lowest BCUT2D eigenvalue weighted by Gasteiger charge is -1.92. The summed E-state index contributed by atoms with van der Waals surface area (Å²) in [6.45, 7) is 2.45. The average molecular weight is 240 g/mol. The smallest absolute Gasteiger partial charge is 0.224 e. The largest absolute Gasteiger partial charge is 0.239 e. The molecule has 0 aliphatic heterocycles. The molecule has 0 saturated heterocycles. The molecule has 1 heterocycles. The van der Waals surface area contributed by atoms with E-state index in [1.54, 1.807) is 0 Å². The molecule has 50 valence electrons. The van der Waals surface area contributed by atoms with Gasteiger partial charge in [-0.1, -0.05) is 0 Å². The fourth-order valence-corrected chi connectivity index (χ4v) is 0.971. The molecule has 0 N–H and O–H groups in total. The molecule has 0 amide bonds. The van der Waals surface area contributed by atoms with Gasteiger partial charge in [-0.05, 0) is 29.5 Å². The Labute approximate surface area is 66.2 Å². The number of aryl methyl sites for hydroxylation is 1. The minimum atomic E-state index is -0.238. The summed E-state index contributed by atoms with van der Waals surface area (Å²) in [5, 5.41) is 3.77. The summed E-state index contributed by atoms with van der Waals surface area (Å²) < 4.78 is 14.6. The van der Waals surface area contributed by atoms with Gasteiger partial charge in [0.05, 0.1) is 9.77 Å². The van der Waals surface area contributed by atoms with Crippen LogP contribution >= 0.6 is 22.6 Å². The van der Waals surface area contributed by atoms with Crippen molar-refractivity contribution in [1.29, 1.82) is 0 Å². The average Bonchev–Trinajstić information content (AvgIpc) is 2.15. The topological polar surface area (TPSA) is 17.8 Å². The van der Waals surface area contributed by atoms with Crippen molar-refractivity contribution in [2.75, 3.05) is 0 Å². The lowest BCUT2D eigenvalue weighted by molar-refractivity contribution is 0.467. The maximum Gasteiger partial charge on any atom is 0.224 e. The summed E-state index contributed by atoms with van der Waals surface area (Å²) in [5.41, 5.74) is 0. The van der Waals surface area contributed by atoms with E-state index in [2.05, 4.69) is 5.10 Å². The minimum Gasteiger partial charge on any atom is -0.239 e. The Balaban J connectivity index is 3.04. The number of halogens is 2. The molecular weight excluding hydrogens is 234 g/mol. The van der Waals surface area contributed by atoms with Crippen LogP contribution in [0.2, 0.25) is 0 Å². The molecule has 9 heavy (non-hydrogen) atoms. The van der Waals surface area contributed by atoms with Crippen molar-refractivity contribution in [3.05, 3.63) is 15.7 Å². The monoisotopic (exact) mass is 240 g/mol. The van der Waals surface area contributed by atoms with Gasteiger partial charge < -0.3 is 0 Å². The molecule has 0 fully saturated rings. The molecule has 0 unspecified atom stereocenters. The third kappa shape index (κ3) is 1.23. The van der Waals surface area contributed by atoms with Crippen molar-refractivity contribution in [2.24, 2.45) is 0 Å². The molecule has 0 aromatic carbocycles. The molecule has 1 rings (SSSR count). The Morgan fingerprint density at radius 3 is 2.78 bits per heavy atom. The lowest BCUT2D eigenvalue weighted by atomic mass is 10.7. The van der Waals surface area contributed by atoms with Gasteiger partial charge in [0.2, 0.25) is 5.95 Å². The minimum absolute atomic E-state index is 0.238. The van der Waals surface area contributed by atoms with Crippen LogP contribution in [0.5, 0.6) is 0 Å². The van der Waals surface area contributed by atoms with Gasteiger partial charge in [-0.3, -0.25) is 0 Å². The van der Waals surface area contributed by atoms with Crippen LogP contribution < -0.4 is 0 Å². The van der Waals surface area contributed by atoms with Gasteiger partial charge in [0.25, 0.3) is 0 Å². The van der Waals surface area contributed by atoms with Crippen molar-refractivity contribution in [1.82, 2.24) is 9.78 Å². The summed E-state index contributed by atoms with van der Waals surface area (Å²) in [7, 11) is 0. The first kappa shape index (κ1) is 6.98. The second-order valence-electron chi connectivity index (χ2n) is 1.60. The van der Waals surface area contributed by atoms with E-state index in [0.717, 1.165) is 0 Å². The van der Waals surface area contributed by atoms with Gasteiger partial charge >= 0.3 is 0 Å². The predicted octanol–water partition coefficient (Wildman–Crippen LogP) is 1.65. The Morgan fingerprint density at radius 2 is 2.56 bits per heavy atom. The van der Waals surface area contributed by atoms with Gasteiger partial charge in [0.1, 0.15) is 0 Å². The summed E-state index contributed by atoms with van der Waals surface area (Å²) in [6.07, 6.45) is 1.51. The maximum atomic E-state index is 12.7. The van der Waals surface area contributed by atoms with Gasteiger partial charge in [0.15, 0.2) is 0 Å². The molecule has 0 aliphatic carbocycles. The predicted molar refractivity (Wildman–Crippen MR) is 40.6 cm³/mol. The van der Waals surface area contributed by atoms with Gasteiger partial charge in [-0.15, -0.1) is 0 Å². The highest BCUT2D eigenvalue weighted by molar-refractivity contribution is 14.1. The molecule has 0 aliphatic rings. The van der Waals surface area contributed by atoms with E-state index < -0.39 is 0 Å². The summed E-state index contributed by atoms with van der Waals surface area (Å²) >= 11 is 1.91. The summed E-state index contributed by atoms with van der Waals surface area (Å²) in [6, 6.07) is 0. The van der Waals surface area contributed by atoms with Gasteiger partial charge in [0, 0.05) is 6.54 Å². The third-order valence-electron chi connectivity index (χ3n) is 1.03. The number of nitrogens with zero attached hydrogens (tertiary/aromatic N) is 2. The van der Waals surface area contributed by atoms with Crippen LogP contribution in [0.3, 0.4) is 0 Å². The second-order valence-corrected chi connectivity index (χ2v) is 2.76. The maximum absolute atomic E-state index is 12.7. The third-order valence-corrected chi connectivity index (χ3v) is 1.76. The number of hydrogen-bond acceptors (Lipinski definition) is 1. The fourth-order valence-electron chi connectivity index (χ4n) is 0.568. The van der Waals surface area contributed by atoms with Crippen molar-refractivity contribution < 1.29 is 4.39 Å². The zero-order valence-corrected chi connectivity index (χ0v) is 7.09. The van der Waals surface area contributed by atoms with E-state index in [0.29, 0.717) is 10.1 Å². The SMILES string of the molecule is CCn1ncc(I)c1F. The fraction of sp³-hybridized carbons (Fsp3) is 0.400. The molecule has 0 spiro atoms. The summed E-state index contributed by atoms with van der Waals surface area (Å²) in [5.74, 6) is -0.238. The summed E-state index contributed by atoms with van der Waals surface area (Å²) in [4.78, 5) is 0. The molecule has 0 atom stereocenters. The number of hydrogen-bond donors (Lipinski definition) is 0. The van der Waals surface area contributed by atoms with E-state index in [9.17, 15) is 4.39 Å². The molecule has 0 bridgehead atoms. The molecule has 1 aromatic heterocycles. The van der Waals surface area contributed by atoms with Crippen LogP contribution in [0.25, 0.3) is 0 Å². The molecular formula is C5H6FIN2. The van der Waals surface area contributed by atoms with Crippen molar-refractivity contribution in [3.63, 3.8) is 0 Å². The first-order valence-corrected chi connectivity index (χ1v) is 3.70. The van der Waals surface area contributed by atoms with Gasteiger partial charge in [-0.2, -0.15) is 9.49 Å². The quantitative estimate of drug-likeness (QED) is 0.682. The van der Waals surface area contributed by atoms with Crippen LogP contribution in [-0.4, -0.2) is 9.78 Å². The molecule has 1 aromatic rings.